The summed E-state index contributed by atoms with van der Waals surface area (Å²) < 4.78 is 0. The van der Waals surface area contributed by atoms with Gasteiger partial charge in [-0.25, -0.2) is 0 Å². The molecule has 0 bridgehead atoms. The third-order valence-corrected chi connectivity index (χ3v) is 5.99. The number of unbranched alkanes of at least 4 members (excludes halogenated alkanes) is 1. The van der Waals surface area contributed by atoms with E-state index in [4.69, 9.17) is 5.73 Å². The first-order valence-corrected chi connectivity index (χ1v) is 9.43. The lowest BCUT2D eigenvalue weighted by atomic mass is 9.68. The fourth-order valence-corrected chi connectivity index (χ4v) is 4.33. The molecule has 0 spiro atoms. The van der Waals surface area contributed by atoms with E-state index < -0.39 is 0 Å². The van der Waals surface area contributed by atoms with E-state index in [2.05, 4.69) is 32.6 Å². The Hall–Kier alpha value is -0.0800. The number of nitrogens with two attached hydrogens (primary N) is 1. The highest BCUT2D eigenvalue weighted by molar-refractivity contribution is 4.93. The third kappa shape index (κ3) is 4.69. The van der Waals surface area contributed by atoms with E-state index in [-0.39, 0.29) is 0 Å². The molecule has 1 unspecified atom stereocenters. The lowest BCUT2D eigenvalue weighted by molar-refractivity contribution is 0.0762. The molecule has 21 heavy (non-hydrogen) atoms. The van der Waals surface area contributed by atoms with Crippen LogP contribution in [0, 0.1) is 17.3 Å². The van der Waals surface area contributed by atoms with Crippen molar-refractivity contribution in [2.75, 3.05) is 13.1 Å². The van der Waals surface area contributed by atoms with Crippen LogP contribution in [0.5, 0.6) is 0 Å². The van der Waals surface area contributed by atoms with Crippen LogP contribution in [-0.2, 0) is 0 Å². The standard InChI is InChI=1S/C19H38N2/c1-5-6-13-21(17-11-12-17)18(14-20)15-7-9-16(10-8-15)19(2,3)4/h15-18H,5-14,20H2,1-4H3. The molecule has 2 fully saturated rings. The van der Waals surface area contributed by atoms with Crippen molar-refractivity contribution in [3.63, 3.8) is 0 Å². The fourth-order valence-electron chi connectivity index (χ4n) is 4.33. The SMILES string of the molecule is CCCCN(C1CC1)C(CN)C1CCC(C(C)(C)C)CC1. The molecule has 2 aliphatic carbocycles. The Morgan fingerprint density at radius 2 is 1.67 bits per heavy atom. The van der Waals surface area contributed by atoms with Crippen LogP contribution in [0.4, 0.5) is 0 Å². The molecule has 0 amide bonds. The molecule has 2 N–H and O–H groups in total. The van der Waals surface area contributed by atoms with Crippen LogP contribution in [0.3, 0.4) is 0 Å². The summed E-state index contributed by atoms with van der Waals surface area (Å²) in [6.07, 6.45) is 11.1. The largest absolute Gasteiger partial charge is 0.329 e. The van der Waals surface area contributed by atoms with Gasteiger partial charge in [0.1, 0.15) is 0 Å². The van der Waals surface area contributed by atoms with Gasteiger partial charge < -0.3 is 5.73 Å². The molecule has 0 aromatic heterocycles. The summed E-state index contributed by atoms with van der Waals surface area (Å²) in [4.78, 5) is 2.80. The van der Waals surface area contributed by atoms with Gasteiger partial charge >= 0.3 is 0 Å². The van der Waals surface area contributed by atoms with Gasteiger partial charge in [0.25, 0.3) is 0 Å². The van der Waals surface area contributed by atoms with Crippen molar-refractivity contribution in [1.29, 1.82) is 0 Å². The molecule has 0 radical (unpaired) electrons. The summed E-state index contributed by atoms with van der Waals surface area (Å²) in [5, 5.41) is 0. The molecule has 0 aromatic carbocycles. The van der Waals surface area contributed by atoms with Crippen LogP contribution in [0.25, 0.3) is 0 Å². The van der Waals surface area contributed by atoms with E-state index in [0.717, 1.165) is 24.4 Å². The van der Waals surface area contributed by atoms with Gasteiger partial charge in [-0.15, -0.1) is 0 Å². The molecule has 0 aromatic rings. The molecule has 0 aliphatic heterocycles. The van der Waals surface area contributed by atoms with E-state index in [1.165, 1.54) is 57.9 Å². The molecular formula is C19H38N2. The van der Waals surface area contributed by atoms with Crippen LogP contribution < -0.4 is 5.73 Å². The predicted molar refractivity (Wildman–Crippen MR) is 92.4 cm³/mol. The van der Waals surface area contributed by atoms with E-state index in [1.54, 1.807) is 0 Å². The minimum Gasteiger partial charge on any atom is -0.329 e. The minimum atomic E-state index is 0.488. The molecule has 0 saturated heterocycles. The van der Waals surface area contributed by atoms with Gasteiger partial charge in [-0.05, 0) is 68.7 Å². The Labute approximate surface area is 132 Å². The van der Waals surface area contributed by atoms with Gasteiger partial charge in [0, 0.05) is 18.6 Å². The lowest BCUT2D eigenvalue weighted by Crippen LogP contribution is -2.48. The van der Waals surface area contributed by atoms with Gasteiger partial charge in [-0.1, -0.05) is 34.1 Å². The van der Waals surface area contributed by atoms with E-state index in [0.29, 0.717) is 11.5 Å². The van der Waals surface area contributed by atoms with Crippen molar-refractivity contribution < 1.29 is 0 Å². The van der Waals surface area contributed by atoms with Crippen LogP contribution >= 0.6 is 0 Å². The predicted octanol–water partition coefficient (Wildman–Crippen LogP) is 4.43. The second-order valence-corrected chi connectivity index (χ2v) is 8.60. The zero-order valence-electron chi connectivity index (χ0n) is 14.9. The van der Waals surface area contributed by atoms with Crippen LogP contribution in [0.1, 0.15) is 79.1 Å². The zero-order chi connectivity index (χ0) is 15.5. The first kappa shape index (κ1) is 17.3. The molecule has 0 heterocycles. The summed E-state index contributed by atoms with van der Waals surface area (Å²) in [7, 11) is 0. The van der Waals surface area contributed by atoms with E-state index >= 15 is 0 Å². The molecule has 1 atom stereocenters. The summed E-state index contributed by atoms with van der Waals surface area (Å²) in [5.74, 6) is 1.77. The summed E-state index contributed by atoms with van der Waals surface area (Å²) in [6.45, 7) is 11.7. The second-order valence-electron chi connectivity index (χ2n) is 8.60. The lowest BCUT2D eigenvalue weighted by Gasteiger charge is -2.43. The molecule has 2 aliphatic rings. The van der Waals surface area contributed by atoms with Crippen molar-refractivity contribution in [3.8, 4) is 0 Å². The van der Waals surface area contributed by atoms with E-state index in [9.17, 15) is 0 Å². The maximum absolute atomic E-state index is 6.22. The molecule has 2 saturated carbocycles. The van der Waals surface area contributed by atoms with Crippen LogP contribution in [-0.4, -0.2) is 30.1 Å². The average molecular weight is 295 g/mol. The average Bonchev–Trinajstić information content (AvgIpc) is 3.27. The maximum atomic E-state index is 6.22. The Kier molecular flexibility index (Phi) is 6.14. The van der Waals surface area contributed by atoms with Crippen molar-refractivity contribution in [2.45, 2.75) is 91.1 Å². The second kappa shape index (κ2) is 7.46. The molecule has 124 valence electrons. The smallest absolute Gasteiger partial charge is 0.0249 e. The summed E-state index contributed by atoms with van der Waals surface area (Å²) in [6, 6.07) is 1.52. The van der Waals surface area contributed by atoms with Crippen molar-refractivity contribution in [3.05, 3.63) is 0 Å². The van der Waals surface area contributed by atoms with Crippen molar-refractivity contribution >= 4 is 0 Å². The minimum absolute atomic E-state index is 0.488. The van der Waals surface area contributed by atoms with Gasteiger partial charge in [-0.3, -0.25) is 4.90 Å². The molecular weight excluding hydrogens is 256 g/mol. The number of hydrogen-bond donors (Lipinski definition) is 1. The number of nitrogens with zero attached hydrogens (tertiary/aromatic N) is 1. The van der Waals surface area contributed by atoms with Crippen LogP contribution in [0.15, 0.2) is 0 Å². The normalized spacial score (nSPS) is 28.9. The maximum Gasteiger partial charge on any atom is 0.0249 e. The molecule has 2 heteroatoms. The zero-order valence-corrected chi connectivity index (χ0v) is 14.9. The quantitative estimate of drug-likeness (QED) is 0.752. The first-order chi connectivity index (χ1) is 9.97. The summed E-state index contributed by atoms with van der Waals surface area (Å²) >= 11 is 0. The van der Waals surface area contributed by atoms with Gasteiger partial charge in [0.15, 0.2) is 0 Å². The monoisotopic (exact) mass is 294 g/mol. The Balaban J connectivity index is 1.91. The third-order valence-electron chi connectivity index (χ3n) is 5.99. The first-order valence-electron chi connectivity index (χ1n) is 9.43. The van der Waals surface area contributed by atoms with Gasteiger partial charge in [-0.2, -0.15) is 0 Å². The Bertz CT molecular complexity index is 295. The van der Waals surface area contributed by atoms with E-state index in [1.807, 2.05) is 0 Å². The fraction of sp³-hybridized carbons (Fsp3) is 1.00. The summed E-state index contributed by atoms with van der Waals surface area (Å²) in [5.41, 5.74) is 6.71. The topological polar surface area (TPSA) is 29.3 Å². The highest BCUT2D eigenvalue weighted by Crippen LogP contribution is 2.42. The van der Waals surface area contributed by atoms with Crippen molar-refractivity contribution in [1.82, 2.24) is 4.90 Å². The Morgan fingerprint density at radius 3 is 2.10 bits per heavy atom. The van der Waals surface area contributed by atoms with Crippen molar-refractivity contribution in [2.24, 2.45) is 23.0 Å². The highest BCUT2D eigenvalue weighted by atomic mass is 15.2. The highest BCUT2D eigenvalue weighted by Gasteiger charge is 2.39. The Morgan fingerprint density at radius 1 is 1.05 bits per heavy atom. The molecule has 2 rings (SSSR count). The van der Waals surface area contributed by atoms with Crippen LogP contribution in [0.2, 0.25) is 0 Å². The molecule has 2 nitrogen and oxygen atoms in total. The van der Waals surface area contributed by atoms with Gasteiger partial charge in [0.2, 0.25) is 0 Å². The van der Waals surface area contributed by atoms with Gasteiger partial charge in [0.05, 0.1) is 0 Å². The number of hydrogen-bond acceptors (Lipinski definition) is 2. The number of rotatable bonds is 7.